The Labute approximate surface area is 124 Å². The van der Waals surface area contributed by atoms with Gasteiger partial charge in [-0.1, -0.05) is 24.2 Å². The maximum atomic E-state index is 13.2. The molecule has 21 heavy (non-hydrogen) atoms. The van der Waals surface area contributed by atoms with Crippen LogP contribution in [0, 0.1) is 5.82 Å². The minimum Gasteiger partial charge on any atom is -0.399 e. The number of benzene rings is 1. The van der Waals surface area contributed by atoms with Crippen molar-refractivity contribution >= 4 is 11.3 Å². The zero-order valence-corrected chi connectivity index (χ0v) is 12.4. The molecular weight excluding hydrogens is 269 g/mol. The van der Waals surface area contributed by atoms with Crippen LogP contribution in [0.25, 0.3) is 5.57 Å². The summed E-state index contributed by atoms with van der Waals surface area (Å²) >= 11 is 0. The highest BCUT2D eigenvalue weighted by Crippen LogP contribution is 2.41. The maximum absolute atomic E-state index is 13.2. The van der Waals surface area contributed by atoms with Gasteiger partial charge in [-0.3, -0.25) is 0 Å². The molecule has 3 rings (SSSR count). The lowest BCUT2D eigenvalue weighted by Crippen LogP contribution is -2.26. The molecule has 2 heterocycles. The summed E-state index contributed by atoms with van der Waals surface area (Å²) in [4.78, 5) is 5.00. The number of ether oxygens (including phenoxy) is 1. The van der Waals surface area contributed by atoms with Gasteiger partial charge in [-0.15, -0.1) is 0 Å². The molecular formula is C17H20FNO2. The summed E-state index contributed by atoms with van der Waals surface area (Å²) in [5, 5.41) is 4.18. The minimum absolute atomic E-state index is 0.0950. The van der Waals surface area contributed by atoms with E-state index in [1.54, 1.807) is 7.11 Å². The van der Waals surface area contributed by atoms with Gasteiger partial charge in [0.1, 0.15) is 12.9 Å². The fourth-order valence-corrected chi connectivity index (χ4v) is 3.30. The number of hydrogen-bond donors (Lipinski definition) is 0. The highest BCUT2D eigenvalue weighted by Gasteiger charge is 2.37. The predicted molar refractivity (Wildman–Crippen MR) is 80.6 cm³/mol. The molecule has 2 aliphatic heterocycles. The first-order chi connectivity index (χ1) is 10.2. The average molecular weight is 289 g/mol. The van der Waals surface area contributed by atoms with Crippen molar-refractivity contribution in [2.24, 2.45) is 5.16 Å². The number of nitrogens with zero attached hydrogens (tertiary/aromatic N) is 1. The van der Waals surface area contributed by atoms with Crippen molar-refractivity contribution < 1.29 is 14.0 Å². The Morgan fingerprint density at radius 2 is 2.10 bits per heavy atom. The van der Waals surface area contributed by atoms with Crippen LogP contribution < -0.4 is 0 Å². The van der Waals surface area contributed by atoms with Crippen molar-refractivity contribution in [3.63, 3.8) is 0 Å². The van der Waals surface area contributed by atoms with Crippen LogP contribution in [0.3, 0.4) is 0 Å². The first-order valence-electron chi connectivity index (χ1n) is 7.47. The molecule has 2 aliphatic rings. The molecule has 2 atom stereocenters. The third-order valence-corrected chi connectivity index (χ3v) is 4.23. The van der Waals surface area contributed by atoms with Crippen LogP contribution >= 0.6 is 0 Å². The molecule has 0 spiro atoms. The van der Waals surface area contributed by atoms with Crippen molar-refractivity contribution in [2.75, 3.05) is 7.11 Å². The van der Waals surface area contributed by atoms with Crippen LogP contribution in [0.2, 0.25) is 0 Å². The van der Waals surface area contributed by atoms with E-state index in [4.69, 9.17) is 9.57 Å². The molecule has 0 amide bonds. The van der Waals surface area contributed by atoms with Gasteiger partial charge in [0.05, 0.1) is 17.9 Å². The first-order valence-corrected chi connectivity index (χ1v) is 7.47. The first kappa shape index (κ1) is 14.3. The van der Waals surface area contributed by atoms with E-state index in [1.807, 2.05) is 12.1 Å². The fraction of sp³-hybridized carbons (Fsp3) is 0.471. The van der Waals surface area contributed by atoms with Gasteiger partial charge in [0, 0.05) is 5.57 Å². The van der Waals surface area contributed by atoms with Crippen molar-refractivity contribution in [1.82, 2.24) is 0 Å². The van der Waals surface area contributed by atoms with E-state index in [0.29, 0.717) is 0 Å². The molecule has 4 heteroatoms. The van der Waals surface area contributed by atoms with Gasteiger partial charge in [0.2, 0.25) is 0 Å². The Morgan fingerprint density at radius 1 is 1.33 bits per heavy atom. The number of hydrogen-bond acceptors (Lipinski definition) is 3. The molecule has 1 aromatic rings. The van der Waals surface area contributed by atoms with Gasteiger partial charge < -0.3 is 9.57 Å². The van der Waals surface area contributed by atoms with E-state index in [-0.39, 0.29) is 18.0 Å². The summed E-state index contributed by atoms with van der Waals surface area (Å²) in [6, 6.07) is 6.71. The molecule has 1 aromatic carbocycles. The predicted octanol–water partition coefficient (Wildman–Crippen LogP) is 3.94. The highest BCUT2D eigenvalue weighted by molar-refractivity contribution is 6.07. The van der Waals surface area contributed by atoms with Gasteiger partial charge in [0.25, 0.3) is 0 Å². The van der Waals surface area contributed by atoms with Crippen LogP contribution in [0.15, 0.2) is 35.0 Å². The molecule has 1 fully saturated rings. The van der Waals surface area contributed by atoms with Crippen LogP contribution in [0.4, 0.5) is 4.39 Å². The maximum Gasteiger partial charge on any atom is 0.123 e. The summed E-state index contributed by atoms with van der Waals surface area (Å²) in [6.07, 6.45) is 4.12. The Bertz CT molecular complexity index is 577. The second-order valence-electron chi connectivity index (χ2n) is 5.50. The quantitative estimate of drug-likeness (QED) is 0.621. The van der Waals surface area contributed by atoms with Gasteiger partial charge >= 0.3 is 0 Å². The number of rotatable bonds is 4. The van der Waals surface area contributed by atoms with Gasteiger partial charge in [-0.2, -0.15) is 0 Å². The van der Waals surface area contributed by atoms with Crippen LogP contribution in [0.5, 0.6) is 0 Å². The van der Waals surface area contributed by atoms with E-state index >= 15 is 0 Å². The SMILES string of the molecule is CCC(=NOC)C1=C(c2ccc(F)cc2)CC2CC[C@H]1O2. The van der Waals surface area contributed by atoms with E-state index < -0.39 is 0 Å². The van der Waals surface area contributed by atoms with Gasteiger partial charge in [-0.25, -0.2) is 4.39 Å². The second-order valence-corrected chi connectivity index (χ2v) is 5.50. The van der Waals surface area contributed by atoms with Crippen LogP contribution in [-0.4, -0.2) is 25.0 Å². The summed E-state index contributed by atoms with van der Waals surface area (Å²) in [5.41, 5.74) is 4.36. The molecule has 2 bridgehead atoms. The van der Waals surface area contributed by atoms with Crippen molar-refractivity contribution in [3.05, 3.63) is 41.2 Å². The normalized spacial score (nSPS) is 25.4. The van der Waals surface area contributed by atoms with Gasteiger partial charge in [0.15, 0.2) is 0 Å². The lowest BCUT2D eigenvalue weighted by atomic mass is 9.89. The van der Waals surface area contributed by atoms with E-state index in [2.05, 4.69) is 12.1 Å². The highest BCUT2D eigenvalue weighted by atomic mass is 19.1. The fourth-order valence-electron chi connectivity index (χ4n) is 3.30. The zero-order chi connectivity index (χ0) is 14.8. The summed E-state index contributed by atoms with van der Waals surface area (Å²) < 4.78 is 19.2. The van der Waals surface area contributed by atoms with E-state index in [1.165, 1.54) is 17.7 Å². The van der Waals surface area contributed by atoms with Crippen molar-refractivity contribution in [1.29, 1.82) is 0 Å². The Morgan fingerprint density at radius 3 is 2.76 bits per heavy atom. The smallest absolute Gasteiger partial charge is 0.123 e. The van der Waals surface area contributed by atoms with Crippen LogP contribution in [0.1, 0.15) is 38.2 Å². The third kappa shape index (κ3) is 2.72. The zero-order valence-electron chi connectivity index (χ0n) is 12.4. The lowest BCUT2D eigenvalue weighted by Gasteiger charge is -2.28. The van der Waals surface area contributed by atoms with Gasteiger partial charge in [-0.05, 0) is 49.0 Å². The number of fused-ring (bicyclic) bond motifs is 2. The lowest BCUT2D eigenvalue weighted by molar-refractivity contribution is 0.0628. The molecule has 0 aliphatic carbocycles. The van der Waals surface area contributed by atoms with Crippen molar-refractivity contribution in [3.8, 4) is 0 Å². The monoisotopic (exact) mass is 289 g/mol. The summed E-state index contributed by atoms with van der Waals surface area (Å²) in [5.74, 6) is -0.211. The summed E-state index contributed by atoms with van der Waals surface area (Å²) in [7, 11) is 1.56. The molecule has 3 nitrogen and oxygen atoms in total. The Hall–Kier alpha value is -1.68. The molecule has 0 saturated carbocycles. The van der Waals surface area contributed by atoms with Crippen LogP contribution in [-0.2, 0) is 9.57 Å². The van der Waals surface area contributed by atoms with Crippen molar-refractivity contribution in [2.45, 2.75) is 44.8 Å². The summed E-state index contributed by atoms with van der Waals surface area (Å²) in [6.45, 7) is 2.06. The average Bonchev–Trinajstić information content (AvgIpc) is 2.88. The third-order valence-electron chi connectivity index (χ3n) is 4.23. The minimum atomic E-state index is -0.211. The van der Waals surface area contributed by atoms with E-state index in [0.717, 1.165) is 42.5 Å². The molecule has 0 N–H and O–H groups in total. The second kappa shape index (κ2) is 5.98. The molecule has 112 valence electrons. The topological polar surface area (TPSA) is 30.8 Å². The molecule has 0 aromatic heterocycles. The molecule has 0 radical (unpaired) electrons. The number of oxime groups is 1. The standard InChI is InChI=1S/C17H20FNO2/c1-3-15(19-20-2)17-14(10-13-8-9-16(17)21-13)11-4-6-12(18)7-5-11/h4-7,13,16H,3,8-10H2,1-2H3/t13?,16-/m1/s1. The van der Waals surface area contributed by atoms with E-state index in [9.17, 15) is 4.39 Å². The number of halogens is 1. The largest absolute Gasteiger partial charge is 0.399 e. The molecule has 1 unspecified atom stereocenters. The molecule has 1 saturated heterocycles. The Kier molecular flexibility index (Phi) is 4.06. The Balaban J connectivity index is 2.09.